The molecule has 2 unspecified atom stereocenters. The second-order valence-corrected chi connectivity index (χ2v) is 5.90. The number of rotatable bonds is 4. The molecule has 108 valence electrons. The number of piperidine rings is 1. The summed E-state index contributed by atoms with van der Waals surface area (Å²) in [5, 5.41) is 12.7. The first-order chi connectivity index (χ1) is 9.74. The summed E-state index contributed by atoms with van der Waals surface area (Å²) in [6.45, 7) is 3.10. The third kappa shape index (κ3) is 2.86. The molecule has 2 fully saturated rings. The number of nitrogens with zero attached hydrogens (tertiary/aromatic N) is 1. The molecule has 2 saturated heterocycles. The number of hydrogen-bond donors (Lipinski definition) is 2. The van der Waals surface area contributed by atoms with Crippen LogP contribution in [0, 0.1) is 0 Å². The van der Waals surface area contributed by atoms with Gasteiger partial charge in [-0.3, -0.25) is 0 Å². The summed E-state index contributed by atoms with van der Waals surface area (Å²) < 4.78 is 0. The maximum Gasteiger partial charge on any atom is 0.336 e. The predicted molar refractivity (Wildman–Crippen MR) is 77.9 cm³/mol. The van der Waals surface area contributed by atoms with Crippen LogP contribution in [0.4, 0.5) is 0 Å². The molecule has 0 saturated carbocycles. The first-order valence-electron chi connectivity index (χ1n) is 7.52. The lowest BCUT2D eigenvalue weighted by atomic mass is 9.97. The van der Waals surface area contributed by atoms with Crippen molar-refractivity contribution in [3.8, 4) is 0 Å². The number of carboxylic acids is 1. The minimum atomic E-state index is -0.840. The van der Waals surface area contributed by atoms with E-state index in [1.54, 1.807) is 12.1 Å². The summed E-state index contributed by atoms with van der Waals surface area (Å²) in [5.74, 6) is -0.840. The number of hydrogen-bond acceptors (Lipinski definition) is 3. The zero-order valence-electron chi connectivity index (χ0n) is 11.7. The molecule has 2 N–H and O–H groups in total. The van der Waals surface area contributed by atoms with E-state index in [4.69, 9.17) is 0 Å². The molecule has 1 aromatic carbocycles. The van der Waals surface area contributed by atoms with Gasteiger partial charge in [0.05, 0.1) is 5.56 Å². The summed E-state index contributed by atoms with van der Waals surface area (Å²) in [6, 6.07) is 8.54. The van der Waals surface area contributed by atoms with Crippen molar-refractivity contribution in [3.63, 3.8) is 0 Å². The molecule has 2 heterocycles. The third-order valence-corrected chi connectivity index (χ3v) is 4.65. The predicted octanol–water partition coefficient (Wildman–Crippen LogP) is 2.10. The first kappa shape index (κ1) is 13.6. The Hall–Kier alpha value is -1.39. The fourth-order valence-corrected chi connectivity index (χ4v) is 3.55. The van der Waals surface area contributed by atoms with E-state index >= 15 is 0 Å². The van der Waals surface area contributed by atoms with Gasteiger partial charge in [0.1, 0.15) is 0 Å². The number of benzene rings is 1. The van der Waals surface area contributed by atoms with E-state index in [2.05, 4.69) is 10.2 Å². The van der Waals surface area contributed by atoms with Gasteiger partial charge in [0, 0.05) is 18.6 Å². The van der Waals surface area contributed by atoms with E-state index in [1.165, 1.54) is 38.8 Å². The van der Waals surface area contributed by atoms with Crippen molar-refractivity contribution >= 4 is 5.97 Å². The smallest absolute Gasteiger partial charge is 0.336 e. The second kappa shape index (κ2) is 5.94. The molecule has 4 nitrogen and oxygen atoms in total. The van der Waals surface area contributed by atoms with Crippen LogP contribution in [0.15, 0.2) is 24.3 Å². The van der Waals surface area contributed by atoms with Gasteiger partial charge in [0.15, 0.2) is 0 Å². The molecular weight excluding hydrogens is 252 g/mol. The fraction of sp³-hybridized carbons (Fsp3) is 0.562. The van der Waals surface area contributed by atoms with E-state index in [9.17, 15) is 9.90 Å². The van der Waals surface area contributed by atoms with Gasteiger partial charge in [0.25, 0.3) is 0 Å². The number of nitrogens with one attached hydrogen (secondary N) is 1. The van der Waals surface area contributed by atoms with Crippen LogP contribution < -0.4 is 5.32 Å². The molecule has 20 heavy (non-hydrogen) atoms. The van der Waals surface area contributed by atoms with Gasteiger partial charge in [-0.25, -0.2) is 4.79 Å². The lowest BCUT2D eigenvalue weighted by Gasteiger charge is -2.35. The summed E-state index contributed by atoms with van der Waals surface area (Å²) in [6.07, 6.45) is 5.03. The Bertz CT molecular complexity index is 489. The fourth-order valence-electron chi connectivity index (χ4n) is 3.55. The second-order valence-electron chi connectivity index (χ2n) is 5.90. The summed E-state index contributed by atoms with van der Waals surface area (Å²) in [7, 11) is 0. The molecule has 2 aliphatic rings. The van der Waals surface area contributed by atoms with E-state index in [-0.39, 0.29) is 0 Å². The molecule has 0 aromatic heterocycles. The van der Waals surface area contributed by atoms with E-state index in [0.29, 0.717) is 18.2 Å². The van der Waals surface area contributed by atoms with Crippen LogP contribution in [0.3, 0.4) is 0 Å². The minimum absolute atomic E-state index is 0.415. The zero-order valence-corrected chi connectivity index (χ0v) is 11.7. The molecular formula is C16H22N2O2. The number of carboxylic acid groups (broad SMARTS) is 1. The lowest BCUT2D eigenvalue weighted by molar-refractivity contribution is 0.0695. The van der Waals surface area contributed by atoms with Crippen molar-refractivity contribution in [2.75, 3.05) is 13.1 Å². The van der Waals surface area contributed by atoms with Crippen LogP contribution in [-0.4, -0.2) is 41.1 Å². The van der Waals surface area contributed by atoms with Gasteiger partial charge in [0.2, 0.25) is 0 Å². The average molecular weight is 274 g/mol. The minimum Gasteiger partial charge on any atom is -0.478 e. The standard InChI is InChI=1S/C16H22N2O2/c19-16(20)15-6-2-1-4-12(15)11-17-13-7-9-18-8-3-5-14(18)10-13/h1-2,4,6,13-14,17H,3,5,7-11H2,(H,19,20). The normalized spacial score (nSPS) is 26.4. The van der Waals surface area contributed by atoms with E-state index in [0.717, 1.165) is 11.6 Å². The van der Waals surface area contributed by atoms with Crippen molar-refractivity contribution in [1.82, 2.24) is 10.2 Å². The van der Waals surface area contributed by atoms with Gasteiger partial charge in [-0.15, -0.1) is 0 Å². The maximum atomic E-state index is 11.2. The highest BCUT2D eigenvalue weighted by Crippen LogP contribution is 2.27. The SMILES string of the molecule is O=C(O)c1ccccc1CNC1CCN2CCCC2C1. The molecule has 0 aliphatic carbocycles. The van der Waals surface area contributed by atoms with Crippen LogP contribution in [0.2, 0.25) is 0 Å². The topological polar surface area (TPSA) is 52.6 Å². The third-order valence-electron chi connectivity index (χ3n) is 4.65. The highest BCUT2D eigenvalue weighted by molar-refractivity contribution is 5.89. The van der Waals surface area contributed by atoms with Gasteiger partial charge in [-0.1, -0.05) is 18.2 Å². The van der Waals surface area contributed by atoms with Crippen LogP contribution in [-0.2, 0) is 6.54 Å². The Morgan fingerprint density at radius 3 is 3.00 bits per heavy atom. The number of carbonyl (C=O) groups is 1. The molecule has 4 heteroatoms. The maximum absolute atomic E-state index is 11.2. The summed E-state index contributed by atoms with van der Waals surface area (Å²) in [5.41, 5.74) is 1.30. The summed E-state index contributed by atoms with van der Waals surface area (Å²) >= 11 is 0. The van der Waals surface area contributed by atoms with Crippen LogP contribution in [0.25, 0.3) is 0 Å². The Morgan fingerprint density at radius 2 is 2.15 bits per heavy atom. The molecule has 2 atom stereocenters. The van der Waals surface area contributed by atoms with Crippen molar-refractivity contribution in [2.24, 2.45) is 0 Å². The molecule has 1 aromatic rings. The monoisotopic (exact) mass is 274 g/mol. The molecule has 2 aliphatic heterocycles. The Labute approximate surface area is 119 Å². The zero-order chi connectivity index (χ0) is 13.9. The highest BCUT2D eigenvalue weighted by atomic mass is 16.4. The van der Waals surface area contributed by atoms with Crippen molar-refractivity contribution < 1.29 is 9.90 Å². The van der Waals surface area contributed by atoms with Crippen LogP contribution in [0.5, 0.6) is 0 Å². The lowest BCUT2D eigenvalue weighted by Crippen LogP contribution is -2.45. The molecule has 3 rings (SSSR count). The first-order valence-corrected chi connectivity index (χ1v) is 7.52. The summed E-state index contributed by atoms with van der Waals surface area (Å²) in [4.78, 5) is 13.8. The molecule has 0 bridgehead atoms. The quantitative estimate of drug-likeness (QED) is 0.883. The van der Waals surface area contributed by atoms with E-state index in [1.807, 2.05) is 12.1 Å². The Morgan fingerprint density at radius 1 is 1.30 bits per heavy atom. The van der Waals surface area contributed by atoms with Crippen molar-refractivity contribution in [1.29, 1.82) is 0 Å². The van der Waals surface area contributed by atoms with Crippen molar-refractivity contribution in [3.05, 3.63) is 35.4 Å². The molecule has 0 amide bonds. The van der Waals surface area contributed by atoms with Gasteiger partial charge in [-0.05, 0) is 50.4 Å². The van der Waals surface area contributed by atoms with Gasteiger partial charge >= 0.3 is 5.97 Å². The Kier molecular flexibility index (Phi) is 4.03. The highest BCUT2D eigenvalue weighted by Gasteiger charge is 2.31. The van der Waals surface area contributed by atoms with Gasteiger partial charge < -0.3 is 15.3 Å². The molecule has 0 radical (unpaired) electrons. The Balaban J connectivity index is 1.58. The number of fused-ring (bicyclic) bond motifs is 1. The largest absolute Gasteiger partial charge is 0.478 e. The average Bonchev–Trinajstić information content (AvgIpc) is 2.92. The number of aromatic carboxylic acids is 1. The van der Waals surface area contributed by atoms with E-state index < -0.39 is 5.97 Å². The van der Waals surface area contributed by atoms with Crippen molar-refractivity contribution in [2.45, 2.75) is 44.3 Å². The van der Waals surface area contributed by atoms with Crippen LogP contribution >= 0.6 is 0 Å². The van der Waals surface area contributed by atoms with Crippen LogP contribution in [0.1, 0.15) is 41.6 Å². The molecule has 0 spiro atoms. The van der Waals surface area contributed by atoms with Gasteiger partial charge in [-0.2, -0.15) is 0 Å².